The largest absolute Gasteiger partial charge is 0.477 e. The van der Waals surface area contributed by atoms with Gasteiger partial charge in [-0.05, 0) is 30.7 Å². The van der Waals surface area contributed by atoms with Gasteiger partial charge in [0, 0.05) is 24.5 Å². The molecule has 1 amide bonds. The molecule has 4 rings (SSSR count). The maximum atomic E-state index is 12.9. The van der Waals surface area contributed by atoms with Crippen LogP contribution < -0.4 is 10.1 Å². The van der Waals surface area contributed by atoms with E-state index in [-0.39, 0.29) is 24.1 Å². The molecule has 8 nitrogen and oxygen atoms in total. The molecule has 4 aromatic rings. The second kappa shape index (κ2) is 8.61. The summed E-state index contributed by atoms with van der Waals surface area (Å²) < 4.78 is 45.2. The van der Waals surface area contributed by atoms with Crippen molar-refractivity contribution in [3.8, 4) is 17.1 Å². The van der Waals surface area contributed by atoms with Crippen molar-refractivity contribution >= 4 is 11.7 Å². The van der Waals surface area contributed by atoms with E-state index in [0.29, 0.717) is 23.4 Å². The molecule has 3 aromatic heterocycles. The Morgan fingerprint density at radius 2 is 1.88 bits per heavy atom. The Morgan fingerprint density at radius 1 is 1.09 bits per heavy atom. The third-order valence-corrected chi connectivity index (χ3v) is 4.49. The van der Waals surface area contributed by atoms with Crippen molar-refractivity contribution in [2.24, 2.45) is 0 Å². The van der Waals surface area contributed by atoms with E-state index in [4.69, 9.17) is 4.74 Å². The SMILES string of the molecule is CCOc1ncccc1C(=O)NCc1ccc(-c2ccnc3nc(C(F)(F)F)nn23)cc1. The molecule has 0 spiro atoms. The highest BCUT2D eigenvalue weighted by atomic mass is 19.4. The Bertz CT molecular complexity index is 1250. The van der Waals surface area contributed by atoms with E-state index in [1.54, 1.807) is 55.6 Å². The molecule has 3 heterocycles. The summed E-state index contributed by atoms with van der Waals surface area (Å²) >= 11 is 0. The van der Waals surface area contributed by atoms with Gasteiger partial charge in [-0.15, -0.1) is 5.10 Å². The summed E-state index contributed by atoms with van der Waals surface area (Å²) in [6.45, 7) is 2.43. The molecule has 0 saturated carbocycles. The first-order valence-electron chi connectivity index (χ1n) is 9.61. The fourth-order valence-corrected chi connectivity index (χ4v) is 3.02. The number of halogens is 3. The Hall–Kier alpha value is -4.02. The van der Waals surface area contributed by atoms with Gasteiger partial charge in [0.2, 0.25) is 5.88 Å². The first-order chi connectivity index (χ1) is 15.4. The topological polar surface area (TPSA) is 94.3 Å². The fraction of sp³-hybridized carbons (Fsp3) is 0.190. The van der Waals surface area contributed by atoms with E-state index >= 15 is 0 Å². The van der Waals surface area contributed by atoms with E-state index in [9.17, 15) is 18.0 Å². The third kappa shape index (κ3) is 4.36. The summed E-state index contributed by atoms with van der Waals surface area (Å²) in [6.07, 6.45) is -1.75. The molecule has 0 fully saturated rings. The molecule has 0 aliphatic rings. The second-order valence-corrected chi connectivity index (χ2v) is 6.64. The summed E-state index contributed by atoms with van der Waals surface area (Å²) in [5.41, 5.74) is 2.16. The van der Waals surface area contributed by atoms with Gasteiger partial charge in [0.25, 0.3) is 17.5 Å². The number of nitrogens with one attached hydrogen (secondary N) is 1. The number of alkyl halides is 3. The van der Waals surface area contributed by atoms with Crippen LogP contribution >= 0.6 is 0 Å². The third-order valence-electron chi connectivity index (χ3n) is 4.49. The summed E-state index contributed by atoms with van der Waals surface area (Å²) in [7, 11) is 0. The van der Waals surface area contributed by atoms with Gasteiger partial charge < -0.3 is 10.1 Å². The summed E-state index contributed by atoms with van der Waals surface area (Å²) in [4.78, 5) is 23.8. The zero-order chi connectivity index (χ0) is 22.7. The van der Waals surface area contributed by atoms with Crippen LogP contribution in [0, 0.1) is 0 Å². The number of rotatable bonds is 6. The van der Waals surface area contributed by atoms with E-state index in [1.165, 1.54) is 6.20 Å². The van der Waals surface area contributed by atoms with Crippen molar-refractivity contribution in [2.75, 3.05) is 6.61 Å². The average molecular weight is 442 g/mol. The number of amides is 1. The summed E-state index contributed by atoms with van der Waals surface area (Å²) in [5.74, 6) is -1.47. The van der Waals surface area contributed by atoms with Gasteiger partial charge in [-0.3, -0.25) is 4.79 Å². The van der Waals surface area contributed by atoms with Gasteiger partial charge in [-0.25, -0.2) is 9.97 Å². The molecule has 1 N–H and O–H groups in total. The molecule has 32 heavy (non-hydrogen) atoms. The number of benzene rings is 1. The highest BCUT2D eigenvalue weighted by Gasteiger charge is 2.36. The molecular weight excluding hydrogens is 425 g/mol. The number of aromatic nitrogens is 5. The zero-order valence-corrected chi connectivity index (χ0v) is 16.8. The number of fused-ring (bicyclic) bond motifs is 1. The van der Waals surface area contributed by atoms with Crippen molar-refractivity contribution in [2.45, 2.75) is 19.6 Å². The van der Waals surface area contributed by atoms with Crippen molar-refractivity contribution < 1.29 is 22.7 Å². The Morgan fingerprint density at radius 3 is 2.59 bits per heavy atom. The highest BCUT2D eigenvalue weighted by molar-refractivity contribution is 5.96. The molecule has 164 valence electrons. The van der Waals surface area contributed by atoms with Crippen LogP contribution in [0.15, 0.2) is 54.9 Å². The lowest BCUT2D eigenvalue weighted by atomic mass is 10.1. The van der Waals surface area contributed by atoms with Crippen LogP contribution in [-0.2, 0) is 12.7 Å². The molecule has 0 aliphatic carbocycles. The second-order valence-electron chi connectivity index (χ2n) is 6.64. The van der Waals surface area contributed by atoms with Crippen molar-refractivity contribution in [1.29, 1.82) is 0 Å². The minimum atomic E-state index is -4.66. The zero-order valence-electron chi connectivity index (χ0n) is 16.8. The van der Waals surface area contributed by atoms with E-state index in [1.807, 2.05) is 0 Å². The van der Waals surface area contributed by atoms with Crippen LogP contribution in [0.3, 0.4) is 0 Å². The van der Waals surface area contributed by atoms with Gasteiger partial charge in [0.1, 0.15) is 5.56 Å². The number of ether oxygens (including phenoxy) is 1. The average Bonchev–Trinajstić information content (AvgIpc) is 3.24. The predicted octanol–water partition coefficient (Wildman–Crippen LogP) is 3.53. The molecular formula is C21H17F3N6O2. The lowest BCUT2D eigenvalue weighted by Gasteiger charge is -2.10. The first kappa shape index (κ1) is 21.2. The maximum absolute atomic E-state index is 12.9. The van der Waals surface area contributed by atoms with Gasteiger partial charge >= 0.3 is 6.18 Å². The molecule has 11 heteroatoms. The molecule has 0 bridgehead atoms. The first-order valence-corrected chi connectivity index (χ1v) is 9.61. The summed E-state index contributed by atoms with van der Waals surface area (Å²) in [6, 6.07) is 11.8. The monoisotopic (exact) mass is 442 g/mol. The van der Waals surface area contributed by atoms with Gasteiger partial charge in [-0.2, -0.15) is 22.7 Å². The Balaban J connectivity index is 1.51. The fourth-order valence-electron chi connectivity index (χ4n) is 3.02. The van der Waals surface area contributed by atoms with Gasteiger partial charge in [0.05, 0.1) is 12.3 Å². The lowest BCUT2D eigenvalue weighted by Crippen LogP contribution is -2.23. The number of carbonyl (C=O) groups is 1. The van der Waals surface area contributed by atoms with Crippen LogP contribution in [0.1, 0.15) is 28.7 Å². The molecule has 0 saturated heterocycles. The lowest BCUT2D eigenvalue weighted by molar-refractivity contribution is -0.144. The van der Waals surface area contributed by atoms with Crippen LogP contribution in [0.5, 0.6) is 5.88 Å². The summed E-state index contributed by atoms with van der Waals surface area (Å²) in [5, 5.41) is 6.34. The molecule has 0 radical (unpaired) electrons. The number of hydrogen-bond acceptors (Lipinski definition) is 6. The number of nitrogens with zero attached hydrogens (tertiary/aromatic N) is 5. The smallest absolute Gasteiger partial charge is 0.453 e. The quantitative estimate of drug-likeness (QED) is 0.491. The minimum Gasteiger partial charge on any atom is -0.477 e. The number of carbonyl (C=O) groups excluding carboxylic acids is 1. The van der Waals surface area contributed by atoms with Crippen molar-refractivity contribution in [1.82, 2.24) is 29.9 Å². The number of hydrogen-bond donors (Lipinski definition) is 1. The molecule has 0 aliphatic heterocycles. The maximum Gasteiger partial charge on any atom is 0.453 e. The van der Waals surface area contributed by atoms with Crippen molar-refractivity contribution in [3.63, 3.8) is 0 Å². The van der Waals surface area contributed by atoms with E-state index < -0.39 is 12.0 Å². The van der Waals surface area contributed by atoms with Crippen LogP contribution in [-0.4, -0.2) is 37.1 Å². The minimum absolute atomic E-state index is 0.146. The molecule has 0 unspecified atom stereocenters. The van der Waals surface area contributed by atoms with Gasteiger partial charge in [0.15, 0.2) is 0 Å². The van der Waals surface area contributed by atoms with Crippen LogP contribution in [0.4, 0.5) is 13.2 Å². The van der Waals surface area contributed by atoms with Crippen molar-refractivity contribution in [3.05, 3.63) is 71.8 Å². The van der Waals surface area contributed by atoms with Gasteiger partial charge in [-0.1, -0.05) is 24.3 Å². The van der Waals surface area contributed by atoms with Crippen LogP contribution in [0.2, 0.25) is 0 Å². The highest BCUT2D eigenvalue weighted by Crippen LogP contribution is 2.28. The number of pyridine rings is 1. The Labute approximate surface area is 180 Å². The predicted molar refractivity (Wildman–Crippen MR) is 108 cm³/mol. The molecule has 0 atom stereocenters. The standard InChI is InChI=1S/C21H17F3N6O2/c1-2-32-18-15(4-3-10-25-18)17(31)27-12-13-5-7-14(8-6-13)16-9-11-26-20-28-19(21(22,23)24)29-30(16)20/h3-11H,2,12H2,1H3,(H,27,31). The van der Waals surface area contributed by atoms with E-state index in [2.05, 4.69) is 25.4 Å². The molecule has 1 aromatic carbocycles. The van der Waals surface area contributed by atoms with Crippen LogP contribution in [0.25, 0.3) is 17.0 Å². The normalized spacial score (nSPS) is 11.5. The Kier molecular flexibility index (Phi) is 5.71. The van der Waals surface area contributed by atoms with E-state index in [0.717, 1.165) is 10.1 Å².